The Morgan fingerprint density at radius 2 is 1.62 bits per heavy atom. The highest BCUT2D eigenvalue weighted by Gasteiger charge is 2.25. The van der Waals surface area contributed by atoms with Crippen LogP contribution in [0.5, 0.6) is 0 Å². The fourth-order valence-electron chi connectivity index (χ4n) is 4.29. The zero-order valence-corrected chi connectivity index (χ0v) is 22.6. The summed E-state index contributed by atoms with van der Waals surface area (Å²) in [5, 5.41) is 4.68. The molecule has 0 spiro atoms. The van der Waals surface area contributed by atoms with Gasteiger partial charge in [-0.15, -0.1) is 0 Å². The Kier molecular flexibility index (Phi) is 8.94. The molecule has 10 heteroatoms. The number of amides is 1. The summed E-state index contributed by atoms with van der Waals surface area (Å²) < 4.78 is 12.1. The van der Waals surface area contributed by atoms with E-state index >= 15 is 0 Å². The van der Waals surface area contributed by atoms with Crippen LogP contribution in [0.15, 0.2) is 29.4 Å². The second-order valence-electron chi connectivity index (χ2n) is 8.42. The van der Waals surface area contributed by atoms with Gasteiger partial charge in [0.2, 0.25) is 0 Å². The monoisotopic (exact) mass is 526 g/mol. The van der Waals surface area contributed by atoms with Crippen molar-refractivity contribution in [2.75, 3.05) is 13.2 Å². The van der Waals surface area contributed by atoms with Crippen molar-refractivity contribution in [2.45, 2.75) is 48.1 Å². The number of hydrogen-bond donors (Lipinski definition) is 2. The summed E-state index contributed by atoms with van der Waals surface area (Å²) in [5.74, 6) is -1.28. The van der Waals surface area contributed by atoms with Crippen LogP contribution in [-0.4, -0.2) is 46.8 Å². The van der Waals surface area contributed by atoms with E-state index < -0.39 is 17.8 Å². The number of H-pyrrole nitrogens is 1. The van der Waals surface area contributed by atoms with Crippen molar-refractivity contribution in [3.63, 3.8) is 0 Å². The molecule has 2 heterocycles. The Morgan fingerprint density at radius 1 is 1.00 bits per heavy atom. The summed E-state index contributed by atoms with van der Waals surface area (Å²) >= 11 is 6.07. The lowest BCUT2D eigenvalue weighted by molar-refractivity contribution is -0.121. The van der Waals surface area contributed by atoms with Crippen molar-refractivity contribution in [2.24, 2.45) is 5.10 Å². The number of esters is 2. The van der Waals surface area contributed by atoms with E-state index in [2.05, 4.69) is 15.5 Å². The first-order valence-corrected chi connectivity index (χ1v) is 12.3. The van der Waals surface area contributed by atoms with Gasteiger partial charge in [-0.25, -0.2) is 15.0 Å². The predicted molar refractivity (Wildman–Crippen MR) is 142 cm³/mol. The molecule has 37 heavy (non-hydrogen) atoms. The van der Waals surface area contributed by atoms with Crippen molar-refractivity contribution >= 4 is 35.7 Å². The van der Waals surface area contributed by atoms with E-state index in [-0.39, 0.29) is 19.8 Å². The van der Waals surface area contributed by atoms with Gasteiger partial charge in [-0.1, -0.05) is 23.7 Å². The van der Waals surface area contributed by atoms with Crippen LogP contribution < -0.4 is 5.43 Å². The number of aromatic amines is 1. The second-order valence-corrected chi connectivity index (χ2v) is 8.86. The Hall–Kier alpha value is -3.85. The minimum Gasteiger partial charge on any atom is -0.462 e. The van der Waals surface area contributed by atoms with Gasteiger partial charge in [-0.05, 0) is 70.4 Å². The molecule has 0 saturated heterocycles. The molecule has 0 bridgehead atoms. The quantitative estimate of drug-likeness (QED) is 0.234. The van der Waals surface area contributed by atoms with Crippen LogP contribution in [0.4, 0.5) is 0 Å². The highest BCUT2D eigenvalue weighted by molar-refractivity contribution is 6.30. The van der Waals surface area contributed by atoms with E-state index in [1.165, 1.54) is 6.21 Å². The number of hydrazone groups is 1. The molecular formula is C27H31ClN4O5. The molecule has 1 amide bonds. The third-order valence-electron chi connectivity index (χ3n) is 6.02. The van der Waals surface area contributed by atoms with E-state index in [9.17, 15) is 14.4 Å². The molecule has 0 radical (unpaired) electrons. The van der Waals surface area contributed by atoms with Gasteiger partial charge in [0, 0.05) is 22.0 Å². The van der Waals surface area contributed by atoms with Crippen molar-refractivity contribution in [3.8, 4) is 11.3 Å². The Morgan fingerprint density at radius 3 is 2.24 bits per heavy atom. The lowest BCUT2D eigenvalue weighted by Gasteiger charge is -2.12. The fourth-order valence-corrected chi connectivity index (χ4v) is 4.42. The number of benzene rings is 1. The van der Waals surface area contributed by atoms with Gasteiger partial charge in [0.25, 0.3) is 5.91 Å². The number of rotatable bonds is 9. The molecule has 0 aliphatic heterocycles. The number of aromatic nitrogens is 2. The van der Waals surface area contributed by atoms with Crippen molar-refractivity contribution in [1.29, 1.82) is 0 Å². The van der Waals surface area contributed by atoms with Crippen LogP contribution in [-0.2, 0) is 20.8 Å². The van der Waals surface area contributed by atoms with Crippen LogP contribution in [0.25, 0.3) is 11.3 Å². The van der Waals surface area contributed by atoms with Gasteiger partial charge in [-0.3, -0.25) is 4.79 Å². The zero-order chi connectivity index (χ0) is 27.3. The molecule has 0 unspecified atom stereocenters. The summed E-state index contributed by atoms with van der Waals surface area (Å²) in [4.78, 5) is 40.7. The van der Waals surface area contributed by atoms with Crippen molar-refractivity contribution in [1.82, 2.24) is 15.0 Å². The molecule has 0 saturated carbocycles. The molecular weight excluding hydrogens is 496 g/mol. The van der Waals surface area contributed by atoms with Gasteiger partial charge in [0.1, 0.15) is 12.2 Å². The molecule has 9 nitrogen and oxygen atoms in total. The van der Waals surface area contributed by atoms with Crippen LogP contribution in [0, 0.1) is 27.7 Å². The lowest BCUT2D eigenvalue weighted by Crippen LogP contribution is -2.24. The molecule has 3 rings (SSSR count). The number of carbonyl (C=O) groups is 3. The number of nitrogens with one attached hydrogen (secondary N) is 2. The Bertz CT molecular complexity index is 1350. The summed E-state index contributed by atoms with van der Waals surface area (Å²) in [6.07, 6.45) is 1.49. The number of ether oxygens (including phenoxy) is 2. The number of nitrogens with zero attached hydrogens (tertiary/aromatic N) is 2. The minimum absolute atomic E-state index is 0.0828. The molecule has 2 aromatic heterocycles. The summed E-state index contributed by atoms with van der Waals surface area (Å²) in [5.41, 5.74) is 8.23. The number of halogens is 1. The average Bonchev–Trinajstić information content (AvgIpc) is 3.26. The molecule has 1 aromatic carbocycles. The Balaban J connectivity index is 1.88. The fraction of sp³-hybridized carbons (Fsp3) is 0.333. The molecule has 0 aliphatic carbocycles. The van der Waals surface area contributed by atoms with E-state index in [4.69, 9.17) is 21.1 Å². The van der Waals surface area contributed by atoms with E-state index in [1.54, 1.807) is 51.3 Å². The van der Waals surface area contributed by atoms with Crippen LogP contribution in [0.3, 0.4) is 0 Å². The van der Waals surface area contributed by atoms with Gasteiger partial charge in [0.15, 0.2) is 0 Å². The van der Waals surface area contributed by atoms with Crippen LogP contribution >= 0.6 is 11.6 Å². The van der Waals surface area contributed by atoms with Crippen LogP contribution in [0.2, 0.25) is 5.02 Å². The largest absolute Gasteiger partial charge is 0.462 e. The number of aryl methyl sites for hydroxylation is 1. The molecule has 2 N–H and O–H groups in total. The maximum atomic E-state index is 12.9. The van der Waals surface area contributed by atoms with E-state index in [0.29, 0.717) is 44.4 Å². The average molecular weight is 527 g/mol. The first-order valence-electron chi connectivity index (χ1n) is 11.9. The predicted octanol–water partition coefficient (Wildman–Crippen LogP) is 4.87. The highest BCUT2D eigenvalue weighted by atomic mass is 35.5. The lowest BCUT2D eigenvalue weighted by atomic mass is 10.1. The maximum absolute atomic E-state index is 12.9. The third kappa shape index (κ3) is 5.94. The van der Waals surface area contributed by atoms with E-state index in [1.807, 2.05) is 19.1 Å². The SMILES string of the molecule is CCOC(=O)c1[nH]c(C)c(/C=N/NC(=O)Cn2c(C)c(C(=O)OCC)c(C)c2-c2ccc(Cl)cc2)c1C. The zero-order valence-electron chi connectivity index (χ0n) is 21.8. The molecule has 3 aromatic rings. The first-order chi connectivity index (χ1) is 17.6. The maximum Gasteiger partial charge on any atom is 0.355 e. The van der Waals surface area contributed by atoms with Crippen LogP contribution in [0.1, 0.15) is 62.8 Å². The van der Waals surface area contributed by atoms with Gasteiger partial charge >= 0.3 is 11.9 Å². The Labute approximate surface area is 220 Å². The normalized spacial score (nSPS) is 11.1. The number of hydrogen-bond acceptors (Lipinski definition) is 6. The summed E-state index contributed by atoms with van der Waals surface area (Å²) in [6, 6.07) is 7.18. The van der Waals surface area contributed by atoms with Gasteiger partial charge in [0.05, 0.1) is 30.7 Å². The molecule has 0 atom stereocenters. The van der Waals surface area contributed by atoms with Crippen molar-refractivity contribution < 1.29 is 23.9 Å². The smallest absolute Gasteiger partial charge is 0.355 e. The number of carbonyl (C=O) groups excluding carboxylic acids is 3. The highest BCUT2D eigenvalue weighted by Crippen LogP contribution is 2.32. The molecule has 196 valence electrons. The minimum atomic E-state index is -0.447. The molecule has 0 fully saturated rings. The third-order valence-corrected chi connectivity index (χ3v) is 6.28. The van der Waals surface area contributed by atoms with E-state index in [0.717, 1.165) is 11.3 Å². The standard InChI is InChI=1S/C27H31ClN4O5/c1-7-36-26(34)23-16(4)25(19-9-11-20(28)12-10-19)32(18(23)6)14-22(33)31-29-13-21-15(3)24(30-17(21)5)27(35)37-8-2/h9-13,30H,7-8,14H2,1-6H3,(H,31,33)/b29-13+. The van der Waals surface area contributed by atoms with Crippen molar-refractivity contribution in [3.05, 3.63) is 68.6 Å². The second kappa shape index (κ2) is 11.9. The topological polar surface area (TPSA) is 115 Å². The first kappa shape index (κ1) is 27.7. The van der Waals surface area contributed by atoms with Gasteiger partial charge < -0.3 is 19.0 Å². The summed E-state index contributed by atoms with van der Waals surface area (Å²) in [7, 11) is 0. The van der Waals surface area contributed by atoms with Gasteiger partial charge in [-0.2, -0.15) is 5.10 Å². The summed E-state index contributed by atoms with van der Waals surface area (Å²) in [6.45, 7) is 11.1. The molecule has 0 aliphatic rings.